The highest BCUT2D eigenvalue weighted by molar-refractivity contribution is 7.92. The number of hydroxylamine groups is 1. The van der Waals surface area contributed by atoms with E-state index in [9.17, 15) is 18.0 Å². The normalized spacial score (nSPS) is 11.7. The molecule has 1 aromatic heterocycles. The lowest BCUT2D eigenvalue weighted by Gasteiger charge is -2.13. The fraction of sp³-hybridized carbons (Fsp3) is 0.296. The van der Waals surface area contributed by atoms with Gasteiger partial charge in [0.05, 0.1) is 17.9 Å². The van der Waals surface area contributed by atoms with Gasteiger partial charge in [-0.05, 0) is 61.6 Å². The Labute approximate surface area is 227 Å². The lowest BCUT2D eigenvalue weighted by molar-refractivity contribution is -0.120. The highest BCUT2D eigenvalue weighted by Gasteiger charge is 2.20. The number of carbonyl (C=O) groups excluding carboxylic acids is 1. The number of pyridine rings is 1. The van der Waals surface area contributed by atoms with Crippen LogP contribution in [0, 0.1) is 13.8 Å². The van der Waals surface area contributed by atoms with E-state index < -0.39 is 21.5 Å². The zero-order valence-electron chi connectivity index (χ0n) is 22.0. The second-order valence-corrected chi connectivity index (χ2v) is 10.6. The van der Waals surface area contributed by atoms with Crippen LogP contribution in [0.2, 0.25) is 0 Å². The average Bonchev–Trinajstić information content (AvgIpc) is 2.89. The first kappa shape index (κ1) is 29.4. The maximum absolute atomic E-state index is 12.9. The minimum absolute atomic E-state index is 0.0153. The van der Waals surface area contributed by atoms with Crippen LogP contribution in [0.3, 0.4) is 0 Å². The van der Waals surface area contributed by atoms with Crippen LogP contribution in [-0.2, 0) is 32.5 Å². The van der Waals surface area contributed by atoms with E-state index in [0.717, 1.165) is 18.4 Å². The number of carbonyl (C=O) groups is 1. The second-order valence-electron chi connectivity index (χ2n) is 8.94. The summed E-state index contributed by atoms with van der Waals surface area (Å²) in [7, 11) is -4.04. The molecule has 3 aromatic rings. The summed E-state index contributed by atoms with van der Waals surface area (Å²) >= 11 is 0. The van der Waals surface area contributed by atoms with Gasteiger partial charge in [0.25, 0.3) is 15.6 Å². The minimum atomic E-state index is -4.04. The van der Waals surface area contributed by atoms with Crippen molar-refractivity contribution in [2.45, 2.75) is 38.0 Å². The second kappa shape index (κ2) is 14.1. The van der Waals surface area contributed by atoms with E-state index in [1.54, 1.807) is 32.0 Å². The van der Waals surface area contributed by atoms with E-state index in [-0.39, 0.29) is 41.7 Å². The van der Waals surface area contributed by atoms with Gasteiger partial charge in [0.2, 0.25) is 11.9 Å². The van der Waals surface area contributed by atoms with Crippen LogP contribution in [0.15, 0.2) is 75.3 Å². The molecule has 0 spiro atoms. The molecule has 0 unspecified atom stereocenters. The van der Waals surface area contributed by atoms with E-state index in [2.05, 4.69) is 37.6 Å². The molecule has 0 fully saturated rings. The van der Waals surface area contributed by atoms with Crippen molar-refractivity contribution < 1.29 is 18.0 Å². The summed E-state index contributed by atoms with van der Waals surface area (Å²) in [6.07, 6.45) is 1.52. The molecule has 0 saturated heterocycles. The number of aliphatic imine (C=N–C) groups is 1. The van der Waals surface area contributed by atoms with E-state index in [4.69, 9.17) is 10.6 Å². The molecule has 208 valence electrons. The van der Waals surface area contributed by atoms with Gasteiger partial charge in [-0.3, -0.25) is 24.1 Å². The predicted octanol–water partition coefficient (Wildman–Crippen LogP) is 1.92. The van der Waals surface area contributed by atoms with Gasteiger partial charge >= 0.3 is 0 Å². The van der Waals surface area contributed by atoms with Crippen LogP contribution in [0.1, 0.15) is 28.8 Å². The summed E-state index contributed by atoms with van der Waals surface area (Å²) in [5.74, 6) is -0.277. The number of benzene rings is 2. The van der Waals surface area contributed by atoms with Crippen LogP contribution >= 0.6 is 0 Å². The van der Waals surface area contributed by atoms with Crippen molar-refractivity contribution in [3.63, 3.8) is 0 Å². The van der Waals surface area contributed by atoms with Crippen LogP contribution in [0.25, 0.3) is 0 Å². The molecule has 0 aliphatic carbocycles. The molecule has 0 aliphatic heterocycles. The summed E-state index contributed by atoms with van der Waals surface area (Å²) < 4.78 is 28.1. The molecule has 12 heteroatoms. The molecule has 2 aromatic carbocycles. The van der Waals surface area contributed by atoms with Gasteiger partial charge in [-0.15, -0.1) is 0 Å². The number of sulfonamides is 1. The number of amides is 1. The number of anilines is 1. The number of guanidine groups is 1. The number of hydrogen-bond acceptors (Lipinski definition) is 6. The summed E-state index contributed by atoms with van der Waals surface area (Å²) in [4.78, 5) is 37.1. The molecular weight excluding hydrogens is 520 g/mol. The maximum atomic E-state index is 12.9. The first-order chi connectivity index (χ1) is 18.6. The van der Waals surface area contributed by atoms with E-state index in [0.29, 0.717) is 12.2 Å². The molecule has 0 atom stereocenters. The Morgan fingerprint density at radius 1 is 1.08 bits per heavy atom. The zero-order valence-corrected chi connectivity index (χ0v) is 22.8. The topological polar surface area (TPSA) is 168 Å². The number of nitrogens with one attached hydrogen (secondary N) is 4. The predicted molar refractivity (Wildman–Crippen MR) is 151 cm³/mol. The van der Waals surface area contributed by atoms with E-state index in [1.165, 1.54) is 17.7 Å². The number of aromatic amines is 1. The van der Waals surface area contributed by atoms with Crippen LogP contribution in [0.4, 0.5) is 5.69 Å². The molecule has 1 amide bonds. The molecule has 0 aliphatic rings. The quantitative estimate of drug-likeness (QED) is 0.0931. The molecule has 39 heavy (non-hydrogen) atoms. The Balaban J connectivity index is 1.47. The van der Waals surface area contributed by atoms with Crippen molar-refractivity contribution in [1.29, 1.82) is 0 Å². The van der Waals surface area contributed by atoms with Crippen molar-refractivity contribution in [3.05, 3.63) is 93.4 Å². The fourth-order valence-electron chi connectivity index (χ4n) is 3.75. The van der Waals surface area contributed by atoms with Crippen molar-refractivity contribution in [3.8, 4) is 0 Å². The SMILES string of the molecule is Cc1cccc(S(=O)(=O)Nc2c(CC(=O)NCCONC(N)=NCCCc3ccccc3)cc(C)[nH]c2=O)c1. The van der Waals surface area contributed by atoms with Crippen molar-refractivity contribution in [1.82, 2.24) is 15.8 Å². The molecule has 0 bridgehead atoms. The summed E-state index contributed by atoms with van der Waals surface area (Å²) in [5, 5.41) is 2.67. The largest absolute Gasteiger partial charge is 0.368 e. The monoisotopic (exact) mass is 554 g/mol. The number of H-pyrrole nitrogens is 1. The average molecular weight is 555 g/mol. The van der Waals surface area contributed by atoms with Gasteiger partial charge in [0.1, 0.15) is 5.69 Å². The minimum Gasteiger partial charge on any atom is -0.368 e. The van der Waals surface area contributed by atoms with Crippen LogP contribution in [-0.4, -0.2) is 45.0 Å². The molecule has 11 nitrogen and oxygen atoms in total. The Bertz CT molecular complexity index is 1450. The highest BCUT2D eigenvalue weighted by atomic mass is 32.2. The zero-order chi connectivity index (χ0) is 28.3. The Morgan fingerprint density at radius 3 is 2.59 bits per heavy atom. The molecule has 1 heterocycles. The van der Waals surface area contributed by atoms with Gasteiger partial charge in [-0.2, -0.15) is 0 Å². The van der Waals surface area contributed by atoms with Gasteiger partial charge < -0.3 is 16.0 Å². The lowest BCUT2D eigenvalue weighted by Crippen LogP contribution is -2.36. The number of rotatable bonds is 13. The van der Waals surface area contributed by atoms with Gasteiger partial charge in [0.15, 0.2) is 0 Å². The van der Waals surface area contributed by atoms with Crippen molar-refractivity contribution >= 4 is 27.6 Å². The third-order valence-corrected chi connectivity index (χ3v) is 6.94. The van der Waals surface area contributed by atoms with Crippen molar-refractivity contribution in [2.75, 3.05) is 24.4 Å². The third kappa shape index (κ3) is 9.58. The molecule has 0 saturated carbocycles. The van der Waals surface area contributed by atoms with Gasteiger partial charge in [-0.25, -0.2) is 13.9 Å². The maximum Gasteiger partial charge on any atom is 0.272 e. The molecule has 3 rings (SSSR count). The smallest absolute Gasteiger partial charge is 0.272 e. The van der Waals surface area contributed by atoms with E-state index in [1.807, 2.05) is 18.2 Å². The van der Waals surface area contributed by atoms with Crippen LogP contribution < -0.4 is 26.8 Å². The lowest BCUT2D eigenvalue weighted by atomic mass is 10.1. The number of nitrogens with zero attached hydrogens (tertiary/aromatic N) is 1. The summed E-state index contributed by atoms with van der Waals surface area (Å²) in [6.45, 7) is 4.21. The first-order valence-corrected chi connectivity index (χ1v) is 13.9. The Morgan fingerprint density at radius 2 is 1.85 bits per heavy atom. The van der Waals surface area contributed by atoms with Crippen LogP contribution in [0.5, 0.6) is 0 Å². The number of hydrogen-bond donors (Lipinski definition) is 5. The first-order valence-electron chi connectivity index (χ1n) is 12.4. The number of aryl methyl sites for hydroxylation is 3. The summed E-state index contributed by atoms with van der Waals surface area (Å²) in [6, 6.07) is 17.9. The summed E-state index contributed by atoms with van der Waals surface area (Å²) in [5.41, 5.74) is 10.2. The highest BCUT2D eigenvalue weighted by Crippen LogP contribution is 2.18. The Hall–Kier alpha value is -4.16. The van der Waals surface area contributed by atoms with Gasteiger partial charge in [-0.1, -0.05) is 42.5 Å². The standard InChI is InChI=1S/C27H34N6O5S/c1-19-8-6-12-23(16-19)39(36,37)33-25-22(17-20(2)31-26(25)35)18-24(34)29-14-15-38-32-27(28)30-13-7-11-21-9-4-3-5-10-21/h3-6,8-10,12,16-17,33H,7,11,13-15,18H2,1-2H3,(H,29,34)(H,31,35)(H3,28,30,32). The molecule has 6 N–H and O–H groups in total. The number of aromatic nitrogens is 1. The van der Waals surface area contributed by atoms with E-state index >= 15 is 0 Å². The van der Waals surface area contributed by atoms with Gasteiger partial charge in [0, 0.05) is 18.8 Å². The van der Waals surface area contributed by atoms with Crippen molar-refractivity contribution in [2.24, 2.45) is 10.7 Å². The molecular formula is C27H34N6O5S. The third-order valence-electron chi connectivity index (χ3n) is 5.59. The fourth-order valence-corrected chi connectivity index (χ4v) is 4.95. The molecule has 0 radical (unpaired) electrons. The number of nitrogens with two attached hydrogens (primary N) is 1. The Kier molecular flexibility index (Phi) is 10.6.